The maximum atomic E-state index is 13.8. The molecule has 31 heavy (non-hydrogen) atoms. The number of hydrogen-bond acceptors (Lipinski definition) is 5. The molecule has 7 heteroatoms. The van der Waals surface area contributed by atoms with Gasteiger partial charge in [0.1, 0.15) is 6.17 Å². The number of anilines is 1. The lowest BCUT2D eigenvalue weighted by atomic mass is 10.0. The number of aliphatic imine (C=N–C) groups is 1. The summed E-state index contributed by atoms with van der Waals surface area (Å²) in [5, 5.41) is 1.16. The van der Waals surface area contributed by atoms with Crippen LogP contribution in [0.15, 0.2) is 35.5 Å². The van der Waals surface area contributed by atoms with E-state index in [1.807, 2.05) is 6.20 Å². The van der Waals surface area contributed by atoms with E-state index in [1.165, 1.54) is 5.56 Å². The fourth-order valence-electron chi connectivity index (χ4n) is 4.80. The van der Waals surface area contributed by atoms with Gasteiger partial charge in [0.2, 0.25) is 5.91 Å². The van der Waals surface area contributed by atoms with E-state index in [2.05, 4.69) is 58.0 Å². The number of benzene rings is 1. The minimum absolute atomic E-state index is 0.00551. The van der Waals surface area contributed by atoms with Gasteiger partial charge in [0, 0.05) is 51.2 Å². The third-order valence-electron chi connectivity index (χ3n) is 6.63. The van der Waals surface area contributed by atoms with Gasteiger partial charge in [-0.2, -0.15) is 0 Å². The van der Waals surface area contributed by atoms with E-state index < -0.39 is 6.17 Å². The summed E-state index contributed by atoms with van der Waals surface area (Å²) in [5.41, 5.74) is 3.37. The molecule has 2 aliphatic heterocycles. The number of nitrogens with zero attached hydrogens (tertiary/aromatic N) is 5. The molecule has 0 aliphatic carbocycles. The molecule has 3 heterocycles. The summed E-state index contributed by atoms with van der Waals surface area (Å²) >= 11 is 0. The molecular weight excluding hydrogens is 393 g/mol. The first-order chi connectivity index (χ1) is 14.9. The lowest BCUT2D eigenvalue weighted by Gasteiger charge is -2.38. The quantitative estimate of drug-likeness (QED) is 0.691. The van der Waals surface area contributed by atoms with Crippen LogP contribution in [0.5, 0.6) is 0 Å². The number of carbonyl (C=O) groups is 1. The summed E-state index contributed by atoms with van der Waals surface area (Å²) in [5.74, 6) is 0.00551. The van der Waals surface area contributed by atoms with Crippen LogP contribution >= 0.6 is 0 Å². The van der Waals surface area contributed by atoms with Crippen LogP contribution in [0.2, 0.25) is 0 Å². The molecule has 166 valence electrons. The van der Waals surface area contributed by atoms with Gasteiger partial charge in [0.25, 0.3) is 0 Å². The number of halogens is 1. The average molecular weight is 426 g/mol. The van der Waals surface area contributed by atoms with Gasteiger partial charge in [0.15, 0.2) is 0 Å². The number of hydrogen-bond donors (Lipinski definition) is 0. The molecule has 2 aliphatic rings. The number of carbonyl (C=O) groups excluding carboxylic acids is 1. The summed E-state index contributed by atoms with van der Waals surface area (Å²) in [6, 6.07) is 8.74. The lowest BCUT2D eigenvalue weighted by Crippen LogP contribution is -2.48. The second kappa shape index (κ2) is 9.30. The Morgan fingerprint density at radius 2 is 2.10 bits per heavy atom. The van der Waals surface area contributed by atoms with Gasteiger partial charge in [-0.3, -0.25) is 19.7 Å². The summed E-state index contributed by atoms with van der Waals surface area (Å²) in [7, 11) is 3.80. The average Bonchev–Trinajstić information content (AvgIpc) is 3.14. The molecule has 0 N–H and O–H groups in total. The number of rotatable bonds is 5. The molecule has 2 atom stereocenters. The summed E-state index contributed by atoms with van der Waals surface area (Å²) in [6.07, 6.45) is 5.02. The number of aryl methyl sites for hydroxylation is 1. The van der Waals surface area contributed by atoms with Crippen molar-refractivity contribution < 1.29 is 9.18 Å². The Balaban J connectivity index is 1.33. The van der Waals surface area contributed by atoms with Gasteiger partial charge in [-0.05, 0) is 38.0 Å². The summed E-state index contributed by atoms with van der Waals surface area (Å²) < 4.78 is 13.8. The molecule has 2 fully saturated rings. The molecule has 0 saturated carbocycles. The van der Waals surface area contributed by atoms with Crippen LogP contribution < -0.4 is 4.90 Å². The fraction of sp³-hybridized carbons (Fsp3) is 0.542. The van der Waals surface area contributed by atoms with Gasteiger partial charge in [-0.15, -0.1) is 0 Å². The highest BCUT2D eigenvalue weighted by atomic mass is 19.1. The Morgan fingerprint density at radius 1 is 1.32 bits per heavy atom. The molecular formula is C24H32FN5O. The molecule has 0 unspecified atom stereocenters. The Hall–Kier alpha value is -2.54. The number of amides is 1. The van der Waals surface area contributed by atoms with E-state index in [0.29, 0.717) is 19.0 Å². The van der Waals surface area contributed by atoms with Gasteiger partial charge in [0.05, 0.1) is 36.5 Å². The van der Waals surface area contributed by atoms with Crippen LogP contribution in [0.1, 0.15) is 24.8 Å². The monoisotopic (exact) mass is 425 g/mol. The van der Waals surface area contributed by atoms with E-state index in [0.717, 1.165) is 42.5 Å². The fourth-order valence-corrected chi connectivity index (χ4v) is 4.80. The zero-order valence-electron chi connectivity index (χ0n) is 18.7. The summed E-state index contributed by atoms with van der Waals surface area (Å²) in [6.45, 7) is 4.36. The number of alkyl halides is 1. The zero-order valence-corrected chi connectivity index (χ0v) is 18.7. The predicted octanol–water partition coefficient (Wildman–Crippen LogP) is 3.08. The largest absolute Gasteiger partial charge is 0.370 e. The number of piperidine rings is 1. The van der Waals surface area contributed by atoms with Crippen molar-refractivity contribution in [1.29, 1.82) is 0 Å². The van der Waals surface area contributed by atoms with Crippen LogP contribution in [-0.2, 0) is 4.79 Å². The second-order valence-corrected chi connectivity index (χ2v) is 8.86. The van der Waals surface area contributed by atoms with Gasteiger partial charge in [-0.25, -0.2) is 4.39 Å². The van der Waals surface area contributed by atoms with Gasteiger partial charge >= 0.3 is 0 Å². The number of pyridine rings is 1. The van der Waals surface area contributed by atoms with Gasteiger partial charge in [-0.1, -0.05) is 11.6 Å². The van der Waals surface area contributed by atoms with Crippen molar-refractivity contribution in [2.45, 2.75) is 44.4 Å². The van der Waals surface area contributed by atoms with E-state index in [4.69, 9.17) is 0 Å². The Labute approximate surface area is 183 Å². The smallest absolute Gasteiger partial charge is 0.237 e. The molecule has 6 nitrogen and oxygen atoms in total. The molecule has 1 aromatic carbocycles. The van der Waals surface area contributed by atoms with Crippen LogP contribution in [-0.4, -0.2) is 85.4 Å². The van der Waals surface area contributed by atoms with E-state index in [1.54, 1.807) is 18.2 Å². The third kappa shape index (κ3) is 4.87. The minimum atomic E-state index is -0.953. The molecule has 0 radical (unpaired) electrons. The van der Waals surface area contributed by atoms with Crippen molar-refractivity contribution in [2.75, 3.05) is 45.2 Å². The van der Waals surface area contributed by atoms with Crippen molar-refractivity contribution >= 4 is 28.7 Å². The Kier molecular flexibility index (Phi) is 6.51. The molecule has 0 bridgehead atoms. The normalized spacial score (nSPS) is 23.2. The molecule has 0 spiro atoms. The first-order valence-electron chi connectivity index (χ1n) is 11.1. The van der Waals surface area contributed by atoms with Crippen molar-refractivity contribution in [1.82, 2.24) is 14.8 Å². The van der Waals surface area contributed by atoms with Crippen molar-refractivity contribution in [2.24, 2.45) is 4.99 Å². The summed E-state index contributed by atoms with van der Waals surface area (Å²) in [4.78, 5) is 27.6. The van der Waals surface area contributed by atoms with E-state index in [9.17, 15) is 9.18 Å². The van der Waals surface area contributed by atoms with E-state index >= 15 is 0 Å². The third-order valence-corrected chi connectivity index (χ3v) is 6.63. The van der Waals surface area contributed by atoms with Gasteiger partial charge < -0.3 is 9.80 Å². The van der Waals surface area contributed by atoms with E-state index in [-0.39, 0.29) is 18.5 Å². The Morgan fingerprint density at radius 3 is 2.84 bits per heavy atom. The topological polar surface area (TPSA) is 52.0 Å². The highest BCUT2D eigenvalue weighted by Gasteiger charge is 2.35. The highest BCUT2D eigenvalue weighted by Crippen LogP contribution is 2.26. The Bertz CT molecular complexity index is 956. The molecule has 1 amide bonds. The molecule has 2 aromatic rings. The second-order valence-electron chi connectivity index (χ2n) is 8.86. The number of fused-ring (bicyclic) bond motifs is 1. The predicted molar refractivity (Wildman–Crippen MR) is 124 cm³/mol. The zero-order chi connectivity index (χ0) is 22.0. The van der Waals surface area contributed by atoms with Crippen LogP contribution in [0, 0.1) is 6.92 Å². The first-order valence-corrected chi connectivity index (χ1v) is 11.1. The van der Waals surface area contributed by atoms with Crippen LogP contribution in [0.3, 0.4) is 0 Å². The standard InChI is InChI=1S/C24H32FN5O/c1-17-4-5-23-18(10-17)11-21(14-27-23)28(3)20-6-8-29(9-7-20)16-24(31)30-15-19(25)12-22(30)13-26-2/h4-5,10-11,13-14,19-20,22H,6-9,12,15-16H2,1-3H3/t19-,22-/m0/s1. The first kappa shape index (κ1) is 21.7. The number of aromatic nitrogens is 1. The molecule has 2 saturated heterocycles. The molecule has 4 rings (SSSR count). The van der Waals surface area contributed by atoms with Crippen molar-refractivity contribution in [3.63, 3.8) is 0 Å². The van der Waals surface area contributed by atoms with Crippen molar-refractivity contribution in [3.8, 4) is 0 Å². The maximum absolute atomic E-state index is 13.8. The van der Waals surface area contributed by atoms with Crippen LogP contribution in [0.4, 0.5) is 10.1 Å². The number of likely N-dealkylation sites (tertiary alicyclic amines) is 2. The highest BCUT2D eigenvalue weighted by molar-refractivity contribution is 5.83. The molecule has 1 aromatic heterocycles. The van der Waals surface area contributed by atoms with Crippen molar-refractivity contribution in [3.05, 3.63) is 36.0 Å². The SMILES string of the molecule is CN=C[C@@H]1C[C@H](F)CN1C(=O)CN1CCC(N(C)c2cnc3ccc(C)cc3c2)CC1. The lowest BCUT2D eigenvalue weighted by molar-refractivity contribution is -0.132. The minimum Gasteiger partial charge on any atom is -0.370 e. The van der Waals surface area contributed by atoms with Crippen LogP contribution in [0.25, 0.3) is 10.9 Å². The maximum Gasteiger partial charge on any atom is 0.237 e.